The highest BCUT2D eigenvalue weighted by Gasteiger charge is 2.10. The molecule has 0 aliphatic heterocycles. The fourth-order valence-corrected chi connectivity index (χ4v) is 2.05. The van der Waals surface area contributed by atoms with Crippen LogP contribution in [0.2, 0.25) is 0 Å². The maximum atomic E-state index is 5.97. The number of halogens is 1. The molecule has 0 saturated heterocycles. The summed E-state index contributed by atoms with van der Waals surface area (Å²) in [7, 11) is 0. The van der Waals surface area contributed by atoms with Gasteiger partial charge in [-0.25, -0.2) is 4.98 Å². The average Bonchev–Trinajstić information content (AvgIpc) is 2.73. The number of anilines is 1. The maximum absolute atomic E-state index is 5.97. The molecule has 1 aromatic carbocycles. The van der Waals surface area contributed by atoms with Crippen molar-refractivity contribution >= 4 is 27.3 Å². The van der Waals surface area contributed by atoms with E-state index in [0.717, 1.165) is 15.7 Å². The van der Waals surface area contributed by atoms with Crippen molar-refractivity contribution in [1.29, 1.82) is 0 Å². The lowest BCUT2D eigenvalue weighted by Gasteiger charge is -2.03. The van der Waals surface area contributed by atoms with E-state index in [0.29, 0.717) is 11.5 Å². The highest BCUT2D eigenvalue weighted by Crippen LogP contribution is 2.27. The fourth-order valence-electron chi connectivity index (χ4n) is 1.67. The highest BCUT2D eigenvalue weighted by atomic mass is 79.9. The molecule has 0 unspecified atom stereocenters. The summed E-state index contributed by atoms with van der Waals surface area (Å²) in [5.74, 6) is 0.693. The average molecular weight is 290 g/mol. The number of nitrogens with two attached hydrogens (primary N) is 1. The van der Waals surface area contributed by atoms with Gasteiger partial charge in [0.1, 0.15) is 6.33 Å². The van der Waals surface area contributed by atoms with Crippen LogP contribution in [0.4, 0.5) is 5.69 Å². The van der Waals surface area contributed by atoms with Gasteiger partial charge in [-0.05, 0) is 18.2 Å². The summed E-state index contributed by atoms with van der Waals surface area (Å²) in [5.41, 5.74) is 8.21. The molecular formula is C11H8BrN5. The second-order valence-electron chi connectivity index (χ2n) is 3.56. The standard InChI is InChI=1S/C11H8BrN5/c12-7-1-2-8(9(13)5-7)11-16-15-10-3-4-14-6-17(10)11/h1-6H,13H2. The number of aromatic nitrogens is 4. The van der Waals surface area contributed by atoms with E-state index in [1.54, 1.807) is 23.0 Å². The van der Waals surface area contributed by atoms with Crippen molar-refractivity contribution in [2.75, 3.05) is 5.73 Å². The monoisotopic (exact) mass is 289 g/mol. The van der Waals surface area contributed by atoms with E-state index in [9.17, 15) is 0 Å². The van der Waals surface area contributed by atoms with Crippen molar-refractivity contribution in [2.24, 2.45) is 0 Å². The maximum Gasteiger partial charge on any atom is 0.171 e. The summed E-state index contributed by atoms with van der Waals surface area (Å²) in [5, 5.41) is 8.20. The molecule has 17 heavy (non-hydrogen) atoms. The van der Waals surface area contributed by atoms with Crippen LogP contribution >= 0.6 is 15.9 Å². The molecule has 2 N–H and O–H groups in total. The van der Waals surface area contributed by atoms with Crippen LogP contribution in [0.15, 0.2) is 41.3 Å². The first-order valence-corrected chi connectivity index (χ1v) is 5.75. The number of hydrogen-bond acceptors (Lipinski definition) is 4. The first-order valence-electron chi connectivity index (χ1n) is 4.96. The Morgan fingerprint density at radius 1 is 1.18 bits per heavy atom. The van der Waals surface area contributed by atoms with Gasteiger partial charge in [-0.15, -0.1) is 10.2 Å². The molecule has 0 saturated carbocycles. The van der Waals surface area contributed by atoms with Crippen molar-refractivity contribution in [3.05, 3.63) is 41.3 Å². The zero-order valence-corrected chi connectivity index (χ0v) is 10.3. The Labute approximate surface area is 105 Å². The molecule has 2 aromatic heterocycles. The van der Waals surface area contributed by atoms with Crippen molar-refractivity contribution in [1.82, 2.24) is 19.6 Å². The van der Waals surface area contributed by atoms with Crippen LogP contribution < -0.4 is 5.73 Å². The number of rotatable bonds is 1. The van der Waals surface area contributed by atoms with Gasteiger partial charge < -0.3 is 5.73 Å². The molecule has 0 spiro atoms. The van der Waals surface area contributed by atoms with E-state index in [2.05, 4.69) is 31.1 Å². The minimum Gasteiger partial charge on any atom is -0.398 e. The Balaban J connectivity index is 2.27. The first-order chi connectivity index (χ1) is 8.25. The van der Waals surface area contributed by atoms with Crippen LogP contribution in [0.1, 0.15) is 0 Å². The van der Waals surface area contributed by atoms with Crippen molar-refractivity contribution < 1.29 is 0 Å². The zero-order chi connectivity index (χ0) is 11.8. The van der Waals surface area contributed by atoms with Gasteiger partial charge in [-0.3, -0.25) is 4.40 Å². The smallest absolute Gasteiger partial charge is 0.171 e. The van der Waals surface area contributed by atoms with Gasteiger partial charge in [0, 0.05) is 28.0 Å². The molecule has 3 aromatic rings. The van der Waals surface area contributed by atoms with Crippen LogP contribution in [0.25, 0.3) is 17.0 Å². The first kappa shape index (κ1) is 10.2. The third-order valence-corrected chi connectivity index (χ3v) is 2.96. The van der Waals surface area contributed by atoms with E-state index in [4.69, 9.17) is 5.73 Å². The molecule has 0 amide bonds. The van der Waals surface area contributed by atoms with Crippen LogP contribution in [0.3, 0.4) is 0 Å². The predicted octanol–water partition coefficient (Wildman–Crippen LogP) is 2.14. The molecule has 3 rings (SSSR count). The Morgan fingerprint density at radius 2 is 2.06 bits per heavy atom. The fraction of sp³-hybridized carbons (Fsp3) is 0. The lowest BCUT2D eigenvalue weighted by Crippen LogP contribution is -1.95. The van der Waals surface area contributed by atoms with Crippen LogP contribution in [0, 0.1) is 0 Å². The van der Waals surface area contributed by atoms with Gasteiger partial charge in [0.15, 0.2) is 11.5 Å². The van der Waals surface area contributed by atoms with Gasteiger partial charge in [-0.2, -0.15) is 0 Å². The summed E-state index contributed by atoms with van der Waals surface area (Å²) in [6.07, 6.45) is 3.35. The molecule has 0 bridgehead atoms. The third-order valence-electron chi connectivity index (χ3n) is 2.47. The second-order valence-corrected chi connectivity index (χ2v) is 4.48. The molecule has 0 fully saturated rings. The quantitative estimate of drug-likeness (QED) is 0.697. The zero-order valence-electron chi connectivity index (χ0n) is 8.71. The molecule has 6 heteroatoms. The largest absolute Gasteiger partial charge is 0.398 e. The molecule has 5 nitrogen and oxygen atoms in total. The van der Waals surface area contributed by atoms with Gasteiger partial charge >= 0.3 is 0 Å². The summed E-state index contributed by atoms with van der Waals surface area (Å²) >= 11 is 3.37. The van der Waals surface area contributed by atoms with Gasteiger partial charge in [-0.1, -0.05) is 15.9 Å². The summed E-state index contributed by atoms with van der Waals surface area (Å²) < 4.78 is 2.74. The lowest BCUT2D eigenvalue weighted by atomic mass is 10.2. The highest BCUT2D eigenvalue weighted by molar-refractivity contribution is 9.10. The van der Waals surface area contributed by atoms with Gasteiger partial charge in [0.05, 0.1) is 0 Å². The minimum atomic E-state index is 0.650. The molecule has 2 heterocycles. The van der Waals surface area contributed by atoms with Crippen molar-refractivity contribution in [2.45, 2.75) is 0 Å². The van der Waals surface area contributed by atoms with Crippen molar-refractivity contribution in [3.63, 3.8) is 0 Å². The number of hydrogen-bond donors (Lipinski definition) is 1. The van der Waals surface area contributed by atoms with E-state index in [1.807, 2.05) is 18.2 Å². The molecule has 0 atom stereocenters. The molecule has 84 valence electrons. The number of nitrogens with zero attached hydrogens (tertiary/aromatic N) is 4. The Bertz CT molecular complexity index is 691. The van der Waals surface area contributed by atoms with Gasteiger partial charge in [0.25, 0.3) is 0 Å². The van der Waals surface area contributed by atoms with Crippen LogP contribution in [0.5, 0.6) is 0 Å². The number of nitrogen functional groups attached to an aromatic ring is 1. The van der Waals surface area contributed by atoms with E-state index >= 15 is 0 Å². The van der Waals surface area contributed by atoms with Crippen molar-refractivity contribution in [3.8, 4) is 11.4 Å². The molecular weight excluding hydrogens is 282 g/mol. The minimum absolute atomic E-state index is 0.650. The van der Waals surface area contributed by atoms with E-state index in [1.165, 1.54) is 0 Å². The number of fused-ring (bicyclic) bond motifs is 1. The van der Waals surface area contributed by atoms with E-state index < -0.39 is 0 Å². The summed E-state index contributed by atoms with van der Waals surface area (Å²) in [6.45, 7) is 0. The number of benzene rings is 1. The lowest BCUT2D eigenvalue weighted by molar-refractivity contribution is 1.08. The summed E-state index contributed by atoms with van der Waals surface area (Å²) in [6, 6.07) is 7.46. The van der Waals surface area contributed by atoms with Crippen LogP contribution in [-0.4, -0.2) is 19.6 Å². The van der Waals surface area contributed by atoms with Gasteiger partial charge in [0.2, 0.25) is 0 Å². The summed E-state index contributed by atoms with van der Waals surface area (Å²) in [4.78, 5) is 4.05. The molecule has 0 radical (unpaired) electrons. The Morgan fingerprint density at radius 3 is 2.88 bits per heavy atom. The Kier molecular flexibility index (Phi) is 2.29. The Hall–Kier alpha value is -1.95. The SMILES string of the molecule is Nc1cc(Br)ccc1-c1nnc2ccncn12. The third kappa shape index (κ3) is 1.66. The van der Waals surface area contributed by atoms with Crippen LogP contribution in [-0.2, 0) is 0 Å². The molecule has 0 aliphatic carbocycles. The molecule has 0 aliphatic rings. The predicted molar refractivity (Wildman–Crippen MR) is 68.3 cm³/mol. The normalized spacial score (nSPS) is 10.9. The topological polar surface area (TPSA) is 69.1 Å². The second kappa shape index (κ2) is 3.81. The van der Waals surface area contributed by atoms with E-state index in [-0.39, 0.29) is 0 Å².